The fourth-order valence-electron chi connectivity index (χ4n) is 2.59. The van der Waals surface area contributed by atoms with Crippen molar-refractivity contribution in [2.75, 3.05) is 13.7 Å². The smallest absolute Gasteiger partial charge is 0.0951 e. The number of nitrogens with zero attached hydrogens (tertiary/aromatic N) is 2. The first-order valence-electron chi connectivity index (χ1n) is 6.60. The molecule has 0 bridgehead atoms. The van der Waals surface area contributed by atoms with E-state index in [0.29, 0.717) is 0 Å². The van der Waals surface area contributed by atoms with Crippen molar-refractivity contribution in [2.24, 2.45) is 0 Å². The van der Waals surface area contributed by atoms with Gasteiger partial charge in [-0.15, -0.1) is 0 Å². The maximum absolute atomic E-state index is 5.60. The van der Waals surface area contributed by atoms with E-state index in [9.17, 15) is 0 Å². The van der Waals surface area contributed by atoms with Crippen LogP contribution in [0.25, 0.3) is 0 Å². The van der Waals surface area contributed by atoms with E-state index in [1.54, 1.807) is 0 Å². The number of imidazole rings is 1. The second kappa shape index (κ2) is 4.42. The van der Waals surface area contributed by atoms with Crippen molar-refractivity contribution in [1.82, 2.24) is 14.9 Å². The largest absolute Gasteiger partial charge is 0.377 e. The molecule has 17 heavy (non-hydrogen) atoms. The zero-order valence-electron chi connectivity index (χ0n) is 10.5. The molecule has 2 saturated carbocycles. The highest BCUT2D eigenvalue weighted by Gasteiger charge is 2.36. The van der Waals surface area contributed by atoms with E-state index in [1.165, 1.54) is 37.8 Å². The highest BCUT2D eigenvalue weighted by Crippen LogP contribution is 2.36. The molecule has 94 valence electrons. The van der Waals surface area contributed by atoms with E-state index >= 15 is 0 Å². The molecule has 2 aliphatic rings. The zero-order valence-corrected chi connectivity index (χ0v) is 10.5. The first-order chi connectivity index (χ1) is 8.33. The van der Waals surface area contributed by atoms with Gasteiger partial charge in [-0.05, 0) is 32.1 Å². The normalized spacial score (nSPS) is 22.4. The van der Waals surface area contributed by atoms with Gasteiger partial charge in [-0.25, -0.2) is 4.98 Å². The summed E-state index contributed by atoms with van der Waals surface area (Å²) < 4.78 is 7.91. The van der Waals surface area contributed by atoms with Crippen LogP contribution in [0.3, 0.4) is 0 Å². The molecule has 0 atom stereocenters. The van der Waals surface area contributed by atoms with E-state index < -0.39 is 0 Å². The Labute approximate surface area is 102 Å². The Morgan fingerprint density at radius 1 is 1.53 bits per heavy atom. The van der Waals surface area contributed by atoms with Gasteiger partial charge in [0.2, 0.25) is 0 Å². The second-order valence-corrected chi connectivity index (χ2v) is 5.37. The summed E-state index contributed by atoms with van der Waals surface area (Å²) in [6.45, 7) is 1.86. The number of aromatic nitrogens is 2. The third kappa shape index (κ3) is 2.24. The molecule has 0 unspecified atom stereocenters. The van der Waals surface area contributed by atoms with Crippen LogP contribution in [0.5, 0.6) is 0 Å². The lowest BCUT2D eigenvalue weighted by atomic mass is 9.80. The summed E-state index contributed by atoms with van der Waals surface area (Å²) in [5.74, 6) is 0. The summed E-state index contributed by atoms with van der Waals surface area (Å²) >= 11 is 0. The van der Waals surface area contributed by atoms with Gasteiger partial charge in [-0.3, -0.25) is 0 Å². The Morgan fingerprint density at radius 3 is 2.94 bits per heavy atom. The zero-order chi connectivity index (χ0) is 11.7. The molecule has 0 saturated heterocycles. The Hall–Kier alpha value is -0.870. The molecule has 4 nitrogen and oxygen atoms in total. The second-order valence-electron chi connectivity index (χ2n) is 5.37. The molecule has 2 aliphatic carbocycles. The van der Waals surface area contributed by atoms with Gasteiger partial charge in [0.15, 0.2) is 0 Å². The van der Waals surface area contributed by atoms with Gasteiger partial charge < -0.3 is 14.6 Å². The fourth-order valence-corrected chi connectivity index (χ4v) is 2.59. The van der Waals surface area contributed by atoms with E-state index in [1.807, 2.05) is 19.6 Å². The van der Waals surface area contributed by atoms with Gasteiger partial charge in [0.05, 0.1) is 17.6 Å². The van der Waals surface area contributed by atoms with E-state index in [2.05, 4.69) is 14.9 Å². The number of rotatable bonds is 6. The van der Waals surface area contributed by atoms with Gasteiger partial charge >= 0.3 is 0 Å². The lowest BCUT2D eigenvalue weighted by Crippen LogP contribution is -2.47. The summed E-state index contributed by atoms with van der Waals surface area (Å²) in [6, 6.07) is 0.717. The molecular formula is C13H21N3O. The van der Waals surface area contributed by atoms with Crippen LogP contribution in [0.15, 0.2) is 12.5 Å². The monoisotopic (exact) mass is 235 g/mol. The van der Waals surface area contributed by atoms with Crippen molar-refractivity contribution in [3.63, 3.8) is 0 Å². The molecule has 0 spiro atoms. The highest BCUT2D eigenvalue weighted by molar-refractivity contribution is 5.03. The molecule has 1 N–H and O–H groups in total. The maximum atomic E-state index is 5.60. The van der Waals surface area contributed by atoms with Gasteiger partial charge in [0.1, 0.15) is 0 Å². The minimum absolute atomic E-state index is 0.116. The first kappa shape index (κ1) is 11.2. The maximum Gasteiger partial charge on any atom is 0.0951 e. The molecule has 1 aromatic rings. The topological polar surface area (TPSA) is 39.1 Å². The molecule has 0 amide bonds. The molecule has 4 heteroatoms. The molecule has 3 rings (SSSR count). The van der Waals surface area contributed by atoms with Crippen LogP contribution in [0, 0.1) is 0 Å². The number of hydrogen-bond donors (Lipinski definition) is 1. The van der Waals surface area contributed by atoms with Crippen LogP contribution in [0.1, 0.15) is 43.8 Å². The van der Waals surface area contributed by atoms with Crippen LogP contribution in [-0.4, -0.2) is 28.8 Å². The molecular weight excluding hydrogens is 214 g/mol. The molecule has 1 heterocycles. The number of hydrogen-bond acceptors (Lipinski definition) is 3. The molecule has 0 radical (unpaired) electrons. The SMILES string of the molecule is COC1(CNCc2cncn2C2CC2)CCC1. The highest BCUT2D eigenvalue weighted by atomic mass is 16.5. The van der Waals surface area contributed by atoms with Crippen LogP contribution >= 0.6 is 0 Å². The van der Waals surface area contributed by atoms with Crippen LogP contribution in [0.4, 0.5) is 0 Å². The Morgan fingerprint density at radius 2 is 2.35 bits per heavy atom. The average molecular weight is 235 g/mol. The summed E-state index contributed by atoms with van der Waals surface area (Å²) in [4.78, 5) is 4.24. The Balaban J connectivity index is 1.51. The van der Waals surface area contributed by atoms with Crippen LogP contribution < -0.4 is 5.32 Å². The number of methoxy groups -OCH3 is 1. The van der Waals surface area contributed by atoms with Gasteiger partial charge in [0, 0.05) is 32.4 Å². The lowest BCUT2D eigenvalue weighted by Gasteiger charge is -2.40. The van der Waals surface area contributed by atoms with Crippen molar-refractivity contribution in [3.05, 3.63) is 18.2 Å². The van der Waals surface area contributed by atoms with Crippen molar-refractivity contribution in [2.45, 2.75) is 50.3 Å². The minimum Gasteiger partial charge on any atom is -0.377 e. The third-order valence-electron chi connectivity index (χ3n) is 4.14. The minimum atomic E-state index is 0.116. The van der Waals surface area contributed by atoms with Gasteiger partial charge in [0.25, 0.3) is 0 Å². The van der Waals surface area contributed by atoms with Crippen molar-refractivity contribution < 1.29 is 4.74 Å². The fraction of sp³-hybridized carbons (Fsp3) is 0.769. The molecule has 0 aromatic carbocycles. The van der Waals surface area contributed by atoms with Crippen LogP contribution in [-0.2, 0) is 11.3 Å². The van der Waals surface area contributed by atoms with Crippen molar-refractivity contribution >= 4 is 0 Å². The summed E-state index contributed by atoms with van der Waals surface area (Å²) in [5, 5.41) is 3.52. The Bertz CT molecular complexity index is 374. The van der Waals surface area contributed by atoms with Gasteiger partial charge in [-0.2, -0.15) is 0 Å². The molecule has 1 aromatic heterocycles. The van der Waals surface area contributed by atoms with E-state index in [4.69, 9.17) is 4.74 Å². The van der Waals surface area contributed by atoms with E-state index in [0.717, 1.165) is 19.1 Å². The predicted molar refractivity (Wildman–Crippen MR) is 65.8 cm³/mol. The average Bonchev–Trinajstić information content (AvgIpc) is 3.03. The van der Waals surface area contributed by atoms with Crippen LogP contribution in [0.2, 0.25) is 0 Å². The standard InChI is InChI=1S/C13H21N3O/c1-17-13(5-2-6-13)9-14-7-12-8-15-10-16(12)11-3-4-11/h8,10-11,14H,2-7,9H2,1H3. The third-order valence-corrected chi connectivity index (χ3v) is 4.14. The number of nitrogens with one attached hydrogen (secondary N) is 1. The lowest BCUT2D eigenvalue weighted by molar-refractivity contribution is -0.0696. The summed E-state index contributed by atoms with van der Waals surface area (Å²) in [7, 11) is 1.83. The van der Waals surface area contributed by atoms with Crippen molar-refractivity contribution in [3.8, 4) is 0 Å². The molecule has 0 aliphatic heterocycles. The first-order valence-corrected chi connectivity index (χ1v) is 6.60. The summed E-state index contributed by atoms with van der Waals surface area (Å²) in [5.41, 5.74) is 1.42. The summed E-state index contributed by atoms with van der Waals surface area (Å²) in [6.07, 6.45) is 10.2. The quantitative estimate of drug-likeness (QED) is 0.818. The molecule has 2 fully saturated rings. The van der Waals surface area contributed by atoms with Gasteiger partial charge in [-0.1, -0.05) is 0 Å². The Kier molecular flexibility index (Phi) is 2.92. The van der Waals surface area contributed by atoms with Crippen molar-refractivity contribution in [1.29, 1.82) is 0 Å². The van der Waals surface area contributed by atoms with E-state index in [-0.39, 0.29) is 5.60 Å². The predicted octanol–water partition coefficient (Wildman–Crippen LogP) is 1.88. The number of ether oxygens (including phenoxy) is 1.